The molecule has 2 N–H and O–H groups in total. The molecule has 0 saturated carbocycles. The van der Waals surface area contributed by atoms with Crippen LogP contribution in [0.1, 0.15) is 0 Å². The van der Waals surface area contributed by atoms with Crippen molar-refractivity contribution < 1.29 is 9.84 Å². The Hall–Kier alpha value is -0.910. The van der Waals surface area contributed by atoms with Gasteiger partial charge in [0, 0.05) is 12.7 Å². The van der Waals surface area contributed by atoms with Gasteiger partial charge in [0.2, 0.25) is 5.28 Å². The Bertz CT molecular complexity index is 273. The number of ether oxygens (including phenoxy) is 1. The highest BCUT2D eigenvalue weighted by Gasteiger charge is 1.94. The van der Waals surface area contributed by atoms with Gasteiger partial charge < -0.3 is 15.2 Å². The van der Waals surface area contributed by atoms with Gasteiger partial charge in [0.15, 0.2) is 0 Å². The second-order valence-corrected chi connectivity index (χ2v) is 2.81. The maximum atomic E-state index is 8.44. The van der Waals surface area contributed by atoms with E-state index in [2.05, 4.69) is 15.3 Å². The first kappa shape index (κ1) is 11.2. The van der Waals surface area contributed by atoms with E-state index in [9.17, 15) is 0 Å². The van der Waals surface area contributed by atoms with Gasteiger partial charge in [-0.3, -0.25) is 0 Å². The number of hydrogen-bond donors (Lipinski definition) is 2. The van der Waals surface area contributed by atoms with E-state index in [4.69, 9.17) is 21.4 Å². The molecule has 0 unspecified atom stereocenters. The van der Waals surface area contributed by atoms with Crippen LogP contribution < -0.4 is 5.32 Å². The predicted octanol–water partition coefficient (Wildman–Crippen LogP) is 0.551. The summed E-state index contributed by atoms with van der Waals surface area (Å²) >= 11 is 5.58. The van der Waals surface area contributed by atoms with Crippen molar-refractivity contribution in [1.29, 1.82) is 0 Å². The van der Waals surface area contributed by atoms with Crippen LogP contribution in [-0.2, 0) is 4.74 Å². The average Bonchev–Trinajstić information content (AvgIpc) is 2.18. The Balaban J connectivity index is 2.18. The molecule has 0 atom stereocenters. The molecular weight excluding hydrogens is 206 g/mol. The lowest BCUT2D eigenvalue weighted by molar-refractivity contribution is 0.0992. The minimum Gasteiger partial charge on any atom is -0.394 e. The highest BCUT2D eigenvalue weighted by atomic mass is 35.5. The Morgan fingerprint density at radius 3 is 3.07 bits per heavy atom. The molecule has 0 bridgehead atoms. The Morgan fingerprint density at radius 2 is 2.36 bits per heavy atom. The van der Waals surface area contributed by atoms with Crippen LogP contribution in [0.25, 0.3) is 0 Å². The number of aromatic nitrogens is 2. The standard InChI is InChI=1S/C8H12ClN3O2/c9-8-11-2-1-7(12-8)10-3-5-14-6-4-13/h1-2,13H,3-6H2,(H,10,11,12). The third kappa shape index (κ3) is 4.36. The summed E-state index contributed by atoms with van der Waals surface area (Å²) in [7, 11) is 0. The summed E-state index contributed by atoms with van der Waals surface area (Å²) in [5, 5.41) is 11.7. The SMILES string of the molecule is OCCOCCNc1ccnc(Cl)n1. The van der Waals surface area contributed by atoms with Gasteiger partial charge in [0.1, 0.15) is 5.82 Å². The van der Waals surface area contributed by atoms with Crippen LogP contribution in [0.4, 0.5) is 5.82 Å². The second-order valence-electron chi connectivity index (χ2n) is 2.47. The quantitative estimate of drug-likeness (QED) is 0.538. The number of nitrogens with one attached hydrogen (secondary N) is 1. The normalized spacial score (nSPS) is 10.1. The number of anilines is 1. The van der Waals surface area contributed by atoms with Crippen molar-refractivity contribution in [3.63, 3.8) is 0 Å². The summed E-state index contributed by atoms with van der Waals surface area (Å²) in [5.74, 6) is 0.664. The van der Waals surface area contributed by atoms with E-state index in [1.54, 1.807) is 12.3 Å². The third-order valence-corrected chi connectivity index (χ3v) is 1.60. The summed E-state index contributed by atoms with van der Waals surface area (Å²) in [6.07, 6.45) is 1.58. The molecule has 1 rings (SSSR count). The second kappa shape index (κ2) is 6.53. The molecule has 0 aliphatic carbocycles. The van der Waals surface area contributed by atoms with E-state index in [1.807, 2.05) is 0 Å². The zero-order chi connectivity index (χ0) is 10.2. The molecule has 14 heavy (non-hydrogen) atoms. The van der Waals surface area contributed by atoms with Crippen LogP contribution in [0.15, 0.2) is 12.3 Å². The number of nitrogens with zero attached hydrogens (tertiary/aromatic N) is 2. The molecule has 0 saturated heterocycles. The van der Waals surface area contributed by atoms with Gasteiger partial charge in [0.05, 0.1) is 19.8 Å². The van der Waals surface area contributed by atoms with Crippen molar-refractivity contribution in [3.05, 3.63) is 17.5 Å². The third-order valence-electron chi connectivity index (χ3n) is 1.41. The molecule has 0 radical (unpaired) electrons. The molecular formula is C8H12ClN3O2. The molecule has 1 aromatic heterocycles. The van der Waals surface area contributed by atoms with Crippen molar-refractivity contribution in [2.24, 2.45) is 0 Å². The van der Waals surface area contributed by atoms with Crippen molar-refractivity contribution in [2.75, 3.05) is 31.7 Å². The molecule has 78 valence electrons. The molecule has 5 nitrogen and oxygen atoms in total. The van der Waals surface area contributed by atoms with E-state index in [0.29, 0.717) is 25.6 Å². The Kier molecular flexibility index (Phi) is 5.21. The van der Waals surface area contributed by atoms with Crippen LogP contribution in [0.2, 0.25) is 5.28 Å². The van der Waals surface area contributed by atoms with Crippen molar-refractivity contribution in [3.8, 4) is 0 Å². The lowest BCUT2D eigenvalue weighted by atomic mass is 10.5. The fourth-order valence-corrected chi connectivity index (χ4v) is 0.999. The topological polar surface area (TPSA) is 67.3 Å². The Labute approximate surface area is 87.1 Å². The van der Waals surface area contributed by atoms with Crippen LogP contribution >= 0.6 is 11.6 Å². The van der Waals surface area contributed by atoms with Gasteiger partial charge in [-0.25, -0.2) is 9.97 Å². The molecule has 6 heteroatoms. The molecule has 0 aliphatic heterocycles. The van der Waals surface area contributed by atoms with Crippen LogP contribution in [0, 0.1) is 0 Å². The number of aliphatic hydroxyl groups is 1. The number of hydrogen-bond acceptors (Lipinski definition) is 5. The summed E-state index contributed by atoms with van der Waals surface area (Å²) in [6, 6.07) is 1.72. The largest absolute Gasteiger partial charge is 0.394 e. The van der Waals surface area contributed by atoms with E-state index in [-0.39, 0.29) is 11.9 Å². The summed E-state index contributed by atoms with van der Waals surface area (Å²) in [4.78, 5) is 7.68. The summed E-state index contributed by atoms with van der Waals surface area (Å²) < 4.78 is 5.05. The van der Waals surface area contributed by atoms with E-state index in [1.165, 1.54) is 0 Å². The minimum atomic E-state index is 0.0410. The van der Waals surface area contributed by atoms with E-state index >= 15 is 0 Å². The molecule has 1 aromatic rings. The van der Waals surface area contributed by atoms with Crippen LogP contribution in [0.5, 0.6) is 0 Å². The smallest absolute Gasteiger partial charge is 0.224 e. The maximum Gasteiger partial charge on any atom is 0.224 e. The van der Waals surface area contributed by atoms with Gasteiger partial charge in [-0.05, 0) is 17.7 Å². The van der Waals surface area contributed by atoms with Gasteiger partial charge in [-0.15, -0.1) is 0 Å². The zero-order valence-electron chi connectivity index (χ0n) is 7.61. The number of aliphatic hydroxyl groups excluding tert-OH is 1. The lowest BCUT2D eigenvalue weighted by Gasteiger charge is -2.05. The van der Waals surface area contributed by atoms with Crippen LogP contribution in [-0.4, -0.2) is 41.4 Å². The van der Waals surface area contributed by atoms with Gasteiger partial charge in [-0.2, -0.15) is 0 Å². The highest BCUT2D eigenvalue weighted by Crippen LogP contribution is 2.04. The van der Waals surface area contributed by atoms with Gasteiger partial charge in [0.25, 0.3) is 0 Å². The monoisotopic (exact) mass is 217 g/mol. The highest BCUT2D eigenvalue weighted by molar-refractivity contribution is 6.28. The van der Waals surface area contributed by atoms with Crippen LogP contribution in [0.3, 0.4) is 0 Å². The van der Waals surface area contributed by atoms with Gasteiger partial charge >= 0.3 is 0 Å². The number of halogens is 1. The number of rotatable bonds is 6. The fourth-order valence-electron chi connectivity index (χ4n) is 0.851. The van der Waals surface area contributed by atoms with Crippen molar-refractivity contribution >= 4 is 17.4 Å². The Morgan fingerprint density at radius 1 is 1.50 bits per heavy atom. The first-order valence-corrected chi connectivity index (χ1v) is 4.62. The molecule has 1 heterocycles. The van der Waals surface area contributed by atoms with Gasteiger partial charge in [-0.1, -0.05) is 0 Å². The molecule has 0 aliphatic rings. The minimum absolute atomic E-state index is 0.0410. The van der Waals surface area contributed by atoms with Crippen molar-refractivity contribution in [2.45, 2.75) is 0 Å². The zero-order valence-corrected chi connectivity index (χ0v) is 8.37. The summed E-state index contributed by atoms with van der Waals surface area (Å²) in [5.41, 5.74) is 0. The van der Waals surface area contributed by atoms with E-state index in [0.717, 1.165) is 0 Å². The maximum absolute atomic E-state index is 8.44. The first-order valence-electron chi connectivity index (χ1n) is 4.24. The summed E-state index contributed by atoms with van der Waals surface area (Å²) in [6.45, 7) is 1.53. The van der Waals surface area contributed by atoms with E-state index < -0.39 is 0 Å². The first-order chi connectivity index (χ1) is 6.83. The van der Waals surface area contributed by atoms with Crippen molar-refractivity contribution in [1.82, 2.24) is 9.97 Å². The lowest BCUT2D eigenvalue weighted by Crippen LogP contribution is -2.12. The molecule has 0 spiro atoms. The average molecular weight is 218 g/mol. The molecule has 0 fully saturated rings. The molecule has 0 aromatic carbocycles. The molecule has 0 amide bonds. The predicted molar refractivity (Wildman–Crippen MR) is 53.4 cm³/mol. The fraction of sp³-hybridized carbons (Fsp3) is 0.500.